The summed E-state index contributed by atoms with van der Waals surface area (Å²) < 4.78 is 0. The number of allylic oxidation sites excluding steroid dienone is 1. The van der Waals surface area contributed by atoms with Gasteiger partial charge in [0.15, 0.2) is 11.0 Å². The lowest BCUT2D eigenvalue weighted by atomic mass is 10.1. The van der Waals surface area contributed by atoms with E-state index in [1.807, 2.05) is 42.5 Å². The van der Waals surface area contributed by atoms with Crippen LogP contribution in [0.2, 0.25) is 0 Å². The molecule has 4 nitrogen and oxygen atoms in total. The first-order valence-electron chi connectivity index (χ1n) is 9.81. The Morgan fingerprint density at radius 1 is 1.11 bits per heavy atom. The number of rotatable bonds is 7. The quantitative estimate of drug-likeness (QED) is 0.510. The van der Waals surface area contributed by atoms with E-state index in [4.69, 9.17) is 0 Å². The molecule has 0 atom stereocenters. The SMILES string of the molecule is CCN(CC)c1ccc(/C=C/C(=O)c2ccc(NC3=NCCCS3)cc2)cc1. The maximum absolute atomic E-state index is 12.4. The van der Waals surface area contributed by atoms with Gasteiger partial charge in [0, 0.05) is 42.3 Å². The van der Waals surface area contributed by atoms with Gasteiger partial charge in [0.05, 0.1) is 0 Å². The lowest BCUT2D eigenvalue weighted by molar-refractivity contribution is 0.104. The number of hydrogen-bond acceptors (Lipinski definition) is 5. The molecule has 0 saturated carbocycles. The van der Waals surface area contributed by atoms with Gasteiger partial charge in [0.1, 0.15) is 0 Å². The Hall–Kier alpha value is -2.53. The first kappa shape index (κ1) is 20.2. The summed E-state index contributed by atoms with van der Waals surface area (Å²) in [5.41, 5.74) is 3.87. The number of hydrogen-bond donors (Lipinski definition) is 1. The van der Waals surface area contributed by atoms with E-state index in [0.717, 1.165) is 48.2 Å². The molecule has 0 aliphatic carbocycles. The standard InChI is InChI=1S/C23H27N3OS/c1-3-26(4-2)21-13-6-18(7-14-21)8-15-22(27)19-9-11-20(12-10-19)25-23-24-16-5-17-28-23/h6-15H,3-5,16-17H2,1-2H3,(H,24,25)/b15-8+. The molecule has 28 heavy (non-hydrogen) atoms. The molecule has 1 heterocycles. The fourth-order valence-electron chi connectivity index (χ4n) is 3.03. The summed E-state index contributed by atoms with van der Waals surface area (Å²) >= 11 is 1.74. The van der Waals surface area contributed by atoms with Gasteiger partial charge in [-0.15, -0.1) is 0 Å². The van der Waals surface area contributed by atoms with E-state index >= 15 is 0 Å². The van der Waals surface area contributed by atoms with E-state index in [-0.39, 0.29) is 5.78 Å². The topological polar surface area (TPSA) is 44.7 Å². The molecule has 5 heteroatoms. The summed E-state index contributed by atoms with van der Waals surface area (Å²) in [5.74, 6) is 1.10. The van der Waals surface area contributed by atoms with Gasteiger partial charge in [-0.1, -0.05) is 30.0 Å². The molecule has 0 aromatic heterocycles. The number of amidine groups is 1. The van der Waals surface area contributed by atoms with Crippen molar-refractivity contribution in [3.05, 3.63) is 65.7 Å². The van der Waals surface area contributed by atoms with Crippen LogP contribution in [-0.4, -0.2) is 36.3 Å². The largest absolute Gasteiger partial charge is 0.372 e. The van der Waals surface area contributed by atoms with Crippen molar-refractivity contribution in [2.24, 2.45) is 4.99 Å². The normalized spacial score (nSPS) is 14.0. The minimum absolute atomic E-state index is 0.00347. The second-order valence-corrected chi connectivity index (χ2v) is 7.64. The smallest absolute Gasteiger partial charge is 0.185 e. The van der Waals surface area contributed by atoms with Gasteiger partial charge in [-0.05, 0) is 68.3 Å². The number of nitrogens with one attached hydrogen (secondary N) is 1. The fourth-order valence-corrected chi connectivity index (χ4v) is 3.87. The number of carbonyl (C=O) groups excluding carboxylic acids is 1. The van der Waals surface area contributed by atoms with Crippen LogP contribution in [0.4, 0.5) is 11.4 Å². The molecule has 0 fully saturated rings. The molecule has 1 aliphatic heterocycles. The molecule has 3 rings (SSSR count). The highest BCUT2D eigenvalue weighted by atomic mass is 32.2. The molecule has 1 aliphatic rings. The van der Waals surface area contributed by atoms with Crippen molar-refractivity contribution in [1.82, 2.24) is 0 Å². The minimum atomic E-state index is 0.00347. The number of thioether (sulfide) groups is 1. The zero-order chi connectivity index (χ0) is 19.8. The summed E-state index contributed by atoms with van der Waals surface area (Å²) in [6.45, 7) is 7.16. The van der Waals surface area contributed by atoms with Crippen LogP contribution in [0, 0.1) is 0 Å². The molecule has 0 spiro atoms. The van der Waals surface area contributed by atoms with Crippen LogP contribution in [0.5, 0.6) is 0 Å². The van der Waals surface area contributed by atoms with E-state index < -0.39 is 0 Å². The van der Waals surface area contributed by atoms with E-state index in [2.05, 4.69) is 41.2 Å². The van der Waals surface area contributed by atoms with Crippen molar-refractivity contribution in [3.8, 4) is 0 Å². The van der Waals surface area contributed by atoms with Gasteiger partial charge in [-0.2, -0.15) is 0 Å². The van der Waals surface area contributed by atoms with Gasteiger partial charge in [0.2, 0.25) is 0 Å². The summed E-state index contributed by atoms with van der Waals surface area (Å²) in [5, 5.41) is 4.27. The van der Waals surface area contributed by atoms with Crippen LogP contribution in [0.25, 0.3) is 6.08 Å². The van der Waals surface area contributed by atoms with Gasteiger partial charge >= 0.3 is 0 Å². The average molecular weight is 394 g/mol. The predicted octanol–water partition coefficient (Wildman–Crippen LogP) is 5.33. The molecular weight excluding hydrogens is 366 g/mol. The number of benzene rings is 2. The first-order valence-corrected chi connectivity index (χ1v) is 10.8. The molecule has 2 aromatic carbocycles. The maximum atomic E-state index is 12.4. The minimum Gasteiger partial charge on any atom is -0.372 e. The molecule has 0 saturated heterocycles. The van der Waals surface area contributed by atoms with Crippen molar-refractivity contribution >= 4 is 40.2 Å². The number of nitrogens with zero attached hydrogens (tertiary/aromatic N) is 2. The highest BCUT2D eigenvalue weighted by Gasteiger charge is 2.07. The predicted molar refractivity (Wildman–Crippen MR) is 123 cm³/mol. The van der Waals surface area contributed by atoms with Crippen molar-refractivity contribution in [1.29, 1.82) is 0 Å². The van der Waals surface area contributed by atoms with Gasteiger partial charge in [0.25, 0.3) is 0 Å². The molecule has 0 amide bonds. The highest BCUT2D eigenvalue weighted by molar-refractivity contribution is 8.14. The Morgan fingerprint density at radius 2 is 1.82 bits per heavy atom. The van der Waals surface area contributed by atoms with Gasteiger partial charge in [-0.25, -0.2) is 0 Å². The first-order chi connectivity index (χ1) is 13.7. The van der Waals surface area contributed by atoms with Crippen LogP contribution in [0.15, 0.2) is 59.6 Å². The number of carbonyl (C=O) groups is 1. The zero-order valence-electron chi connectivity index (χ0n) is 16.5. The Labute approximate surface area is 171 Å². The molecule has 0 bridgehead atoms. The van der Waals surface area contributed by atoms with Crippen molar-refractivity contribution < 1.29 is 4.79 Å². The Kier molecular flexibility index (Phi) is 7.31. The third-order valence-electron chi connectivity index (χ3n) is 4.67. The molecule has 0 unspecified atom stereocenters. The maximum Gasteiger partial charge on any atom is 0.185 e. The van der Waals surface area contributed by atoms with Crippen molar-refractivity contribution in [2.45, 2.75) is 20.3 Å². The lowest BCUT2D eigenvalue weighted by Crippen LogP contribution is -2.21. The monoisotopic (exact) mass is 393 g/mol. The highest BCUT2D eigenvalue weighted by Crippen LogP contribution is 2.18. The second kappa shape index (κ2) is 10.1. The molecular formula is C23H27N3OS. The second-order valence-electron chi connectivity index (χ2n) is 6.55. The average Bonchev–Trinajstić information content (AvgIpc) is 2.75. The van der Waals surface area contributed by atoms with Crippen molar-refractivity contribution in [2.75, 3.05) is 35.6 Å². The Bertz CT molecular complexity index is 837. The number of anilines is 2. The van der Waals surface area contributed by atoms with Gasteiger partial charge in [-0.3, -0.25) is 9.79 Å². The summed E-state index contributed by atoms with van der Waals surface area (Å²) in [6.07, 6.45) is 4.64. The molecule has 1 N–H and O–H groups in total. The van der Waals surface area contributed by atoms with E-state index in [9.17, 15) is 4.79 Å². The lowest BCUT2D eigenvalue weighted by Gasteiger charge is -2.20. The summed E-state index contributed by atoms with van der Waals surface area (Å²) in [7, 11) is 0. The molecule has 146 valence electrons. The fraction of sp³-hybridized carbons (Fsp3) is 0.304. The van der Waals surface area contributed by atoms with Crippen molar-refractivity contribution in [3.63, 3.8) is 0 Å². The van der Waals surface area contributed by atoms with Gasteiger partial charge < -0.3 is 10.2 Å². The molecule has 2 aromatic rings. The van der Waals surface area contributed by atoms with Crippen LogP contribution in [0.3, 0.4) is 0 Å². The van der Waals surface area contributed by atoms with E-state index in [1.165, 1.54) is 5.69 Å². The van der Waals surface area contributed by atoms with Crippen LogP contribution in [-0.2, 0) is 0 Å². The van der Waals surface area contributed by atoms with E-state index in [0.29, 0.717) is 5.56 Å². The summed E-state index contributed by atoms with van der Waals surface area (Å²) in [6, 6.07) is 15.9. The van der Waals surface area contributed by atoms with Crippen LogP contribution < -0.4 is 10.2 Å². The third kappa shape index (κ3) is 5.49. The number of aliphatic imine (C=N–C) groups is 1. The Morgan fingerprint density at radius 3 is 2.43 bits per heavy atom. The van der Waals surface area contributed by atoms with Crippen LogP contribution >= 0.6 is 11.8 Å². The number of ketones is 1. The van der Waals surface area contributed by atoms with E-state index in [1.54, 1.807) is 17.8 Å². The summed E-state index contributed by atoms with van der Waals surface area (Å²) in [4.78, 5) is 19.2. The zero-order valence-corrected chi connectivity index (χ0v) is 17.3. The Balaban J connectivity index is 1.60. The third-order valence-corrected chi connectivity index (χ3v) is 5.66. The van der Waals surface area contributed by atoms with Crippen LogP contribution in [0.1, 0.15) is 36.2 Å². The molecule has 0 radical (unpaired) electrons.